The van der Waals surface area contributed by atoms with Crippen molar-refractivity contribution in [3.8, 4) is 0 Å². The fourth-order valence-corrected chi connectivity index (χ4v) is 3.66. The summed E-state index contributed by atoms with van der Waals surface area (Å²) in [5.74, 6) is -0.0333. The van der Waals surface area contributed by atoms with E-state index in [1.165, 1.54) is 11.1 Å². The number of amides is 1. The molecular weight excluding hydrogens is 407 g/mol. The van der Waals surface area contributed by atoms with Gasteiger partial charge in [-0.1, -0.05) is 24.3 Å². The SMILES string of the molecule is Cc1cc(C(=O)NCc2ccc3c(c2)CNC3)c(C)n1Cc1ccccn1.Cl.Cl. The topological polar surface area (TPSA) is 59.0 Å². The molecule has 2 aromatic heterocycles. The molecule has 0 radical (unpaired) electrons. The van der Waals surface area contributed by atoms with Gasteiger partial charge in [0.1, 0.15) is 0 Å². The molecule has 0 bridgehead atoms. The average molecular weight is 433 g/mol. The summed E-state index contributed by atoms with van der Waals surface area (Å²) in [4.78, 5) is 17.1. The van der Waals surface area contributed by atoms with Crippen LogP contribution in [0.3, 0.4) is 0 Å². The molecule has 5 nitrogen and oxygen atoms in total. The predicted molar refractivity (Wildman–Crippen MR) is 120 cm³/mol. The number of rotatable bonds is 5. The third-order valence-corrected chi connectivity index (χ3v) is 5.22. The number of aromatic nitrogens is 2. The molecule has 0 saturated carbocycles. The van der Waals surface area contributed by atoms with Crippen LogP contribution in [0.4, 0.5) is 0 Å². The van der Waals surface area contributed by atoms with Crippen molar-refractivity contribution in [3.63, 3.8) is 0 Å². The molecule has 0 fully saturated rings. The molecule has 1 aliphatic heterocycles. The van der Waals surface area contributed by atoms with E-state index in [1.54, 1.807) is 6.20 Å². The Kier molecular flexibility index (Phi) is 7.85. The zero-order valence-corrected chi connectivity index (χ0v) is 18.2. The van der Waals surface area contributed by atoms with Crippen LogP contribution in [0, 0.1) is 13.8 Å². The van der Waals surface area contributed by atoms with Gasteiger partial charge in [0.2, 0.25) is 0 Å². The quantitative estimate of drug-likeness (QED) is 0.641. The normalized spacial score (nSPS) is 11.9. The zero-order chi connectivity index (χ0) is 18.8. The van der Waals surface area contributed by atoms with Gasteiger partial charge in [-0.2, -0.15) is 0 Å². The first-order chi connectivity index (χ1) is 13.1. The maximum absolute atomic E-state index is 12.7. The highest BCUT2D eigenvalue weighted by Crippen LogP contribution is 2.19. The number of pyridine rings is 1. The summed E-state index contributed by atoms with van der Waals surface area (Å²) in [7, 11) is 0. The van der Waals surface area contributed by atoms with E-state index < -0.39 is 0 Å². The Hall–Kier alpha value is -2.34. The summed E-state index contributed by atoms with van der Waals surface area (Å²) in [6.07, 6.45) is 1.79. The van der Waals surface area contributed by atoms with Gasteiger partial charge in [0.15, 0.2) is 0 Å². The highest BCUT2D eigenvalue weighted by atomic mass is 35.5. The van der Waals surface area contributed by atoms with Gasteiger partial charge in [-0.15, -0.1) is 24.8 Å². The number of fused-ring (bicyclic) bond motifs is 1. The maximum atomic E-state index is 12.7. The van der Waals surface area contributed by atoms with Crippen LogP contribution in [-0.2, 0) is 26.2 Å². The van der Waals surface area contributed by atoms with Crippen LogP contribution in [-0.4, -0.2) is 15.5 Å². The van der Waals surface area contributed by atoms with Crippen molar-refractivity contribution in [1.29, 1.82) is 0 Å². The van der Waals surface area contributed by atoms with E-state index in [0.29, 0.717) is 13.1 Å². The number of nitrogens with one attached hydrogen (secondary N) is 2. The molecular formula is C22H26Cl2N4O. The van der Waals surface area contributed by atoms with E-state index in [0.717, 1.165) is 41.3 Å². The van der Waals surface area contributed by atoms with Crippen LogP contribution in [0.25, 0.3) is 0 Å². The van der Waals surface area contributed by atoms with Crippen LogP contribution in [0.5, 0.6) is 0 Å². The Morgan fingerprint density at radius 1 is 1.10 bits per heavy atom. The van der Waals surface area contributed by atoms with Gasteiger partial charge in [-0.05, 0) is 48.7 Å². The van der Waals surface area contributed by atoms with Gasteiger partial charge in [0.05, 0.1) is 17.8 Å². The minimum Gasteiger partial charge on any atom is -0.348 e. The molecule has 0 atom stereocenters. The van der Waals surface area contributed by atoms with Crippen molar-refractivity contribution < 1.29 is 4.79 Å². The number of carbonyl (C=O) groups is 1. The Labute approximate surface area is 183 Å². The lowest BCUT2D eigenvalue weighted by Gasteiger charge is -2.10. The molecule has 0 aliphatic carbocycles. The molecule has 3 heterocycles. The van der Waals surface area contributed by atoms with Crippen LogP contribution in [0.15, 0.2) is 48.7 Å². The van der Waals surface area contributed by atoms with Gasteiger partial charge in [0, 0.05) is 37.2 Å². The van der Waals surface area contributed by atoms with Gasteiger partial charge < -0.3 is 15.2 Å². The Morgan fingerprint density at radius 2 is 1.90 bits per heavy atom. The second-order valence-electron chi connectivity index (χ2n) is 7.08. The molecule has 4 rings (SSSR count). The number of halogens is 2. The molecule has 154 valence electrons. The fourth-order valence-electron chi connectivity index (χ4n) is 3.66. The molecule has 1 amide bonds. The van der Waals surface area contributed by atoms with Gasteiger partial charge >= 0.3 is 0 Å². The van der Waals surface area contributed by atoms with E-state index in [2.05, 4.69) is 38.4 Å². The molecule has 3 aromatic rings. The number of nitrogens with zero attached hydrogens (tertiary/aromatic N) is 2. The van der Waals surface area contributed by atoms with Crippen molar-refractivity contribution in [2.24, 2.45) is 0 Å². The first-order valence-corrected chi connectivity index (χ1v) is 9.28. The predicted octanol–water partition coefficient (Wildman–Crippen LogP) is 3.93. The van der Waals surface area contributed by atoms with Crippen molar-refractivity contribution in [2.75, 3.05) is 0 Å². The number of aryl methyl sites for hydroxylation is 1. The second kappa shape index (κ2) is 9.92. The summed E-state index contributed by atoms with van der Waals surface area (Å²) in [6.45, 7) is 7.07. The zero-order valence-electron chi connectivity index (χ0n) is 16.6. The largest absolute Gasteiger partial charge is 0.348 e. The number of benzene rings is 1. The molecule has 1 aromatic carbocycles. The van der Waals surface area contributed by atoms with E-state index in [9.17, 15) is 4.79 Å². The fraction of sp³-hybridized carbons (Fsp3) is 0.273. The lowest BCUT2D eigenvalue weighted by atomic mass is 10.1. The van der Waals surface area contributed by atoms with Crippen molar-refractivity contribution >= 4 is 30.7 Å². The molecule has 2 N–H and O–H groups in total. The Balaban J connectivity index is 0.00000150. The van der Waals surface area contributed by atoms with E-state index in [-0.39, 0.29) is 30.7 Å². The standard InChI is InChI=1S/C22H24N4O.2ClH/c1-15-9-21(16(2)26(15)14-20-5-3-4-8-24-20)22(27)25-11-17-6-7-18-12-23-13-19(18)10-17;;/h3-10,23H,11-14H2,1-2H3,(H,25,27);2*1H. The van der Waals surface area contributed by atoms with Gasteiger partial charge in [-0.3, -0.25) is 9.78 Å². The van der Waals surface area contributed by atoms with E-state index in [1.807, 2.05) is 38.1 Å². The minimum absolute atomic E-state index is 0. The van der Waals surface area contributed by atoms with E-state index >= 15 is 0 Å². The summed E-state index contributed by atoms with van der Waals surface area (Å²) in [6, 6.07) is 14.3. The molecule has 1 aliphatic rings. The summed E-state index contributed by atoms with van der Waals surface area (Å²) < 4.78 is 2.14. The molecule has 7 heteroatoms. The molecule has 0 saturated heterocycles. The van der Waals surface area contributed by atoms with Crippen LogP contribution in [0.2, 0.25) is 0 Å². The first kappa shape index (κ1) is 22.9. The van der Waals surface area contributed by atoms with Crippen molar-refractivity contribution in [1.82, 2.24) is 20.2 Å². The summed E-state index contributed by atoms with van der Waals surface area (Å²) in [5.41, 5.74) is 7.55. The van der Waals surface area contributed by atoms with E-state index in [4.69, 9.17) is 0 Å². The van der Waals surface area contributed by atoms with Crippen molar-refractivity contribution in [3.05, 3.63) is 88.0 Å². The van der Waals surface area contributed by atoms with Crippen LogP contribution < -0.4 is 10.6 Å². The average Bonchev–Trinajstić information content (AvgIpc) is 3.26. The smallest absolute Gasteiger partial charge is 0.253 e. The van der Waals surface area contributed by atoms with Gasteiger partial charge in [-0.25, -0.2) is 0 Å². The van der Waals surface area contributed by atoms with Crippen LogP contribution >= 0.6 is 24.8 Å². The minimum atomic E-state index is -0.0333. The second-order valence-corrected chi connectivity index (χ2v) is 7.08. The Morgan fingerprint density at radius 3 is 2.66 bits per heavy atom. The van der Waals surface area contributed by atoms with Crippen LogP contribution in [0.1, 0.15) is 44.1 Å². The molecule has 29 heavy (non-hydrogen) atoms. The maximum Gasteiger partial charge on any atom is 0.253 e. The summed E-state index contributed by atoms with van der Waals surface area (Å²) in [5, 5.41) is 6.41. The summed E-state index contributed by atoms with van der Waals surface area (Å²) >= 11 is 0. The number of hydrogen-bond acceptors (Lipinski definition) is 3. The van der Waals surface area contributed by atoms with Gasteiger partial charge in [0.25, 0.3) is 5.91 Å². The van der Waals surface area contributed by atoms with Crippen molar-refractivity contribution in [2.45, 2.75) is 40.0 Å². The lowest BCUT2D eigenvalue weighted by Crippen LogP contribution is -2.23. The number of hydrogen-bond donors (Lipinski definition) is 2. The molecule has 0 unspecified atom stereocenters. The molecule has 0 spiro atoms. The highest BCUT2D eigenvalue weighted by molar-refractivity contribution is 5.95. The third kappa shape index (κ3) is 4.99. The first-order valence-electron chi connectivity index (χ1n) is 9.28. The monoisotopic (exact) mass is 432 g/mol. The highest BCUT2D eigenvalue weighted by Gasteiger charge is 2.16. The Bertz CT molecular complexity index is 986. The number of carbonyl (C=O) groups excluding carboxylic acids is 1. The lowest BCUT2D eigenvalue weighted by molar-refractivity contribution is 0.0950. The third-order valence-electron chi connectivity index (χ3n) is 5.22.